The van der Waals surface area contributed by atoms with Crippen molar-refractivity contribution in [3.63, 3.8) is 0 Å². The maximum atomic E-state index is 5.42. The molecule has 0 fully saturated rings. The molecule has 0 unspecified atom stereocenters. The van der Waals surface area contributed by atoms with E-state index in [4.69, 9.17) is 15.0 Å². The number of benzene rings is 9. The van der Waals surface area contributed by atoms with Crippen LogP contribution >= 0.6 is 11.3 Å². The third-order valence-corrected chi connectivity index (χ3v) is 13.0. The summed E-state index contributed by atoms with van der Waals surface area (Å²) < 4.78 is 4.96. The Morgan fingerprint density at radius 1 is 0.290 bits per heavy atom. The highest BCUT2D eigenvalue weighted by molar-refractivity contribution is 7.25. The average molecular weight is 809 g/mol. The molecule has 0 amide bonds. The van der Waals surface area contributed by atoms with E-state index >= 15 is 0 Å². The summed E-state index contributed by atoms with van der Waals surface area (Å²) in [6.45, 7) is 0. The summed E-state index contributed by atoms with van der Waals surface area (Å²) >= 11 is 1.84. The van der Waals surface area contributed by atoms with Gasteiger partial charge in [0.05, 0.1) is 16.7 Å². The highest BCUT2D eigenvalue weighted by atomic mass is 32.1. The lowest BCUT2D eigenvalue weighted by molar-refractivity contribution is 1.06. The van der Waals surface area contributed by atoms with Crippen molar-refractivity contribution in [1.82, 2.24) is 19.5 Å². The van der Waals surface area contributed by atoms with E-state index in [9.17, 15) is 0 Å². The Bertz CT molecular complexity index is 3590. The molecule has 3 aromatic heterocycles. The molecule has 0 radical (unpaired) electrons. The minimum absolute atomic E-state index is 0.598. The van der Waals surface area contributed by atoms with E-state index in [1.807, 2.05) is 17.4 Å². The van der Waals surface area contributed by atoms with Gasteiger partial charge in [-0.1, -0.05) is 170 Å². The Hall–Kier alpha value is -7.99. The fourth-order valence-electron chi connectivity index (χ4n) is 8.93. The molecule has 0 spiro atoms. The van der Waals surface area contributed by atoms with Crippen LogP contribution in [0.1, 0.15) is 0 Å². The number of hydrogen-bond acceptors (Lipinski definition) is 4. The summed E-state index contributed by atoms with van der Waals surface area (Å²) in [5.41, 5.74) is 12.7. The summed E-state index contributed by atoms with van der Waals surface area (Å²) in [5.74, 6) is 1.82. The summed E-state index contributed by atoms with van der Waals surface area (Å²) in [4.78, 5) is 16.2. The average Bonchev–Trinajstić information content (AvgIpc) is 3.90. The topological polar surface area (TPSA) is 43.6 Å². The Morgan fingerprint density at radius 3 is 1.56 bits per heavy atom. The third kappa shape index (κ3) is 6.18. The van der Waals surface area contributed by atoms with Crippen molar-refractivity contribution in [2.75, 3.05) is 0 Å². The van der Waals surface area contributed by atoms with Crippen molar-refractivity contribution in [1.29, 1.82) is 0 Å². The number of fused-ring (bicyclic) bond motifs is 6. The van der Waals surface area contributed by atoms with Gasteiger partial charge < -0.3 is 4.57 Å². The van der Waals surface area contributed by atoms with E-state index in [0.717, 1.165) is 66.8 Å². The second-order valence-corrected chi connectivity index (χ2v) is 16.7. The first-order chi connectivity index (χ1) is 30.7. The Kier molecular flexibility index (Phi) is 8.65. The maximum Gasteiger partial charge on any atom is 0.166 e. The minimum Gasteiger partial charge on any atom is -0.308 e. The second-order valence-electron chi connectivity index (χ2n) is 15.6. The Morgan fingerprint density at radius 2 is 0.806 bits per heavy atom. The first-order valence-corrected chi connectivity index (χ1v) is 21.7. The SMILES string of the molecule is c1ccc(-c2ccc(-c3nc(-c4cccc(-c5ccc6sc7ccccc7c6c5)c4)nc(-c4ccccc4-c4ccccc4)n3)c(-n3c4ccccc4c4ccccc43)c2)cc1. The molecule has 0 aliphatic rings. The second kappa shape index (κ2) is 14.9. The molecule has 290 valence electrons. The van der Waals surface area contributed by atoms with Crippen molar-refractivity contribution in [3.05, 3.63) is 218 Å². The van der Waals surface area contributed by atoms with Crippen LogP contribution < -0.4 is 0 Å². The van der Waals surface area contributed by atoms with E-state index < -0.39 is 0 Å². The molecule has 12 aromatic rings. The van der Waals surface area contributed by atoms with Crippen LogP contribution in [0.15, 0.2) is 218 Å². The first-order valence-electron chi connectivity index (χ1n) is 20.8. The molecule has 4 nitrogen and oxygen atoms in total. The monoisotopic (exact) mass is 808 g/mol. The normalized spacial score (nSPS) is 11.5. The van der Waals surface area contributed by atoms with Crippen LogP contribution in [0.3, 0.4) is 0 Å². The van der Waals surface area contributed by atoms with Gasteiger partial charge in [-0.3, -0.25) is 0 Å². The molecule has 12 rings (SSSR count). The van der Waals surface area contributed by atoms with Crippen LogP contribution in [-0.2, 0) is 0 Å². The lowest BCUT2D eigenvalue weighted by atomic mass is 9.98. The highest BCUT2D eigenvalue weighted by Crippen LogP contribution is 2.40. The van der Waals surface area contributed by atoms with Gasteiger partial charge in [0.2, 0.25) is 0 Å². The van der Waals surface area contributed by atoms with Crippen LogP contribution in [0.4, 0.5) is 0 Å². The smallest absolute Gasteiger partial charge is 0.166 e. The minimum atomic E-state index is 0.598. The number of thiophene rings is 1. The largest absolute Gasteiger partial charge is 0.308 e. The number of para-hydroxylation sites is 2. The van der Waals surface area contributed by atoms with Crippen LogP contribution in [-0.4, -0.2) is 19.5 Å². The molecule has 0 saturated carbocycles. The summed E-state index contributed by atoms with van der Waals surface area (Å²) in [7, 11) is 0. The van der Waals surface area contributed by atoms with Gasteiger partial charge in [0.15, 0.2) is 17.5 Å². The number of rotatable bonds is 7. The summed E-state index contributed by atoms with van der Waals surface area (Å²) in [6, 6.07) is 77.5. The van der Waals surface area contributed by atoms with Crippen molar-refractivity contribution in [2.24, 2.45) is 0 Å². The fourth-order valence-corrected chi connectivity index (χ4v) is 10.0. The maximum absolute atomic E-state index is 5.42. The van der Waals surface area contributed by atoms with Crippen LogP contribution in [0.5, 0.6) is 0 Å². The predicted molar refractivity (Wildman–Crippen MR) is 260 cm³/mol. The van der Waals surface area contributed by atoms with E-state index in [-0.39, 0.29) is 0 Å². The molecule has 0 N–H and O–H groups in total. The fraction of sp³-hybridized carbons (Fsp3) is 0. The molecule has 0 atom stereocenters. The number of aromatic nitrogens is 4. The zero-order valence-corrected chi connectivity index (χ0v) is 34.3. The molecule has 9 aromatic carbocycles. The lowest BCUT2D eigenvalue weighted by Crippen LogP contribution is -2.04. The number of hydrogen-bond donors (Lipinski definition) is 0. The predicted octanol–water partition coefficient (Wildman–Crippen LogP) is 15.3. The Labute approximate surface area is 362 Å². The van der Waals surface area contributed by atoms with Gasteiger partial charge in [-0.05, 0) is 81.9 Å². The van der Waals surface area contributed by atoms with Crippen molar-refractivity contribution in [3.8, 4) is 73.2 Å². The zero-order chi connectivity index (χ0) is 41.0. The van der Waals surface area contributed by atoms with Gasteiger partial charge in [-0.25, -0.2) is 15.0 Å². The molecule has 0 bridgehead atoms. The molecule has 0 saturated heterocycles. The third-order valence-electron chi connectivity index (χ3n) is 11.9. The molecule has 3 heterocycles. The molecular formula is C57H36N4S. The van der Waals surface area contributed by atoms with Gasteiger partial charge in [-0.15, -0.1) is 11.3 Å². The van der Waals surface area contributed by atoms with Crippen molar-refractivity contribution < 1.29 is 0 Å². The van der Waals surface area contributed by atoms with Crippen molar-refractivity contribution >= 4 is 53.3 Å². The summed E-state index contributed by atoms with van der Waals surface area (Å²) in [5, 5.41) is 4.94. The highest BCUT2D eigenvalue weighted by Gasteiger charge is 2.21. The van der Waals surface area contributed by atoms with E-state index in [1.54, 1.807) is 0 Å². The zero-order valence-electron chi connectivity index (χ0n) is 33.5. The van der Waals surface area contributed by atoms with E-state index in [0.29, 0.717) is 17.5 Å². The van der Waals surface area contributed by atoms with Crippen LogP contribution in [0.2, 0.25) is 0 Å². The van der Waals surface area contributed by atoms with E-state index in [1.165, 1.54) is 30.9 Å². The van der Waals surface area contributed by atoms with Crippen LogP contribution in [0, 0.1) is 0 Å². The standard InChI is InChI=1S/C57H36N4S/c1-3-16-37(17-4-1)41-30-32-48(52(36-41)61-50-27-12-9-23-44(50)45-24-10-13-28-51(45)61)57-59-55(58-56(60-57)47-26-8-7-22-43(47)38-18-5-2-6-19-38)42-21-15-20-39(34-42)40-31-33-54-49(35-40)46-25-11-14-29-53(46)62-54/h1-36H. The lowest BCUT2D eigenvalue weighted by Gasteiger charge is -2.17. The first kappa shape index (κ1) is 35.9. The van der Waals surface area contributed by atoms with Gasteiger partial charge >= 0.3 is 0 Å². The Balaban J connectivity index is 1.10. The van der Waals surface area contributed by atoms with Gasteiger partial charge in [0.25, 0.3) is 0 Å². The molecule has 62 heavy (non-hydrogen) atoms. The van der Waals surface area contributed by atoms with Crippen LogP contribution in [0.25, 0.3) is 115 Å². The molecule has 0 aliphatic heterocycles. The quantitative estimate of drug-likeness (QED) is 0.161. The van der Waals surface area contributed by atoms with Gasteiger partial charge in [-0.2, -0.15) is 0 Å². The molecular weight excluding hydrogens is 773 g/mol. The van der Waals surface area contributed by atoms with Gasteiger partial charge in [0, 0.05) is 47.6 Å². The van der Waals surface area contributed by atoms with Crippen molar-refractivity contribution in [2.45, 2.75) is 0 Å². The number of nitrogens with zero attached hydrogens (tertiary/aromatic N) is 4. The summed E-state index contributed by atoms with van der Waals surface area (Å²) in [6.07, 6.45) is 0. The molecule has 5 heteroatoms. The van der Waals surface area contributed by atoms with E-state index in [2.05, 4.69) is 217 Å². The molecule has 0 aliphatic carbocycles. The van der Waals surface area contributed by atoms with Gasteiger partial charge in [0.1, 0.15) is 0 Å².